The third-order valence-corrected chi connectivity index (χ3v) is 5.54. The van der Waals surface area contributed by atoms with Crippen LogP contribution in [-0.2, 0) is 10.0 Å². The number of anilines is 1. The Balaban J connectivity index is 2.43. The Morgan fingerprint density at radius 3 is 2.40 bits per heavy atom. The zero-order valence-electron chi connectivity index (χ0n) is 10.9. The van der Waals surface area contributed by atoms with Crippen molar-refractivity contribution in [2.75, 3.05) is 4.72 Å². The minimum absolute atomic E-state index is 0.282. The first-order chi connectivity index (χ1) is 9.29. The predicted molar refractivity (Wildman–Crippen MR) is 93.6 cm³/mol. The molecule has 0 aromatic heterocycles. The van der Waals surface area contributed by atoms with Gasteiger partial charge in [0.05, 0.1) is 10.6 Å². The molecule has 0 aliphatic carbocycles. The van der Waals surface area contributed by atoms with Gasteiger partial charge >= 0.3 is 0 Å². The van der Waals surface area contributed by atoms with E-state index in [1.54, 1.807) is 25.1 Å². The molecule has 0 spiro atoms. The Kier molecular flexibility index (Phi) is 4.76. The molecule has 3 nitrogen and oxygen atoms in total. The number of aryl methyl sites for hydroxylation is 2. The molecule has 0 fully saturated rings. The molecule has 6 heteroatoms. The van der Waals surface area contributed by atoms with Crippen molar-refractivity contribution in [1.29, 1.82) is 0 Å². The Hall–Kier alpha value is -0.600. The van der Waals surface area contributed by atoms with Gasteiger partial charge in [0.15, 0.2) is 0 Å². The van der Waals surface area contributed by atoms with E-state index in [0.717, 1.165) is 13.6 Å². The number of nitrogens with one attached hydrogen (secondary N) is 1. The van der Waals surface area contributed by atoms with Crippen LogP contribution in [0.4, 0.5) is 5.69 Å². The van der Waals surface area contributed by atoms with Gasteiger partial charge in [0, 0.05) is 8.04 Å². The molecule has 106 valence electrons. The third-order valence-electron chi connectivity index (χ3n) is 2.87. The van der Waals surface area contributed by atoms with E-state index >= 15 is 0 Å². The van der Waals surface area contributed by atoms with Crippen molar-refractivity contribution in [2.45, 2.75) is 18.7 Å². The van der Waals surface area contributed by atoms with Crippen LogP contribution in [0.1, 0.15) is 11.1 Å². The maximum atomic E-state index is 12.5. The van der Waals surface area contributed by atoms with E-state index in [1.165, 1.54) is 0 Å². The summed E-state index contributed by atoms with van der Waals surface area (Å²) in [5.74, 6) is 0. The highest BCUT2D eigenvalue weighted by Gasteiger charge is 2.18. The topological polar surface area (TPSA) is 46.2 Å². The summed E-state index contributed by atoms with van der Waals surface area (Å²) in [6.07, 6.45) is 0. The predicted octanol–water partition coefficient (Wildman–Crippen LogP) is 4.47. The molecular formula is C14H13BrINO2S. The summed E-state index contributed by atoms with van der Waals surface area (Å²) in [5, 5.41) is 0. The first-order valence-corrected chi connectivity index (χ1v) is 9.20. The molecule has 0 saturated heterocycles. The van der Waals surface area contributed by atoms with E-state index in [4.69, 9.17) is 0 Å². The van der Waals surface area contributed by atoms with E-state index in [0.29, 0.717) is 11.3 Å². The summed E-state index contributed by atoms with van der Waals surface area (Å²) in [6, 6.07) is 10.8. The summed E-state index contributed by atoms with van der Waals surface area (Å²) >= 11 is 5.50. The maximum absolute atomic E-state index is 12.5. The Morgan fingerprint density at radius 2 is 1.75 bits per heavy atom. The second-order valence-corrected chi connectivity index (χ2v) is 8.29. The van der Waals surface area contributed by atoms with Gasteiger partial charge in [-0.2, -0.15) is 0 Å². The average molecular weight is 466 g/mol. The maximum Gasteiger partial charge on any atom is 0.262 e. The molecule has 0 saturated carbocycles. The van der Waals surface area contributed by atoms with E-state index in [9.17, 15) is 8.42 Å². The largest absolute Gasteiger partial charge is 0.279 e. The number of halogens is 2. The number of sulfonamides is 1. The Bertz CT molecular complexity index is 760. The fraction of sp³-hybridized carbons (Fsp3) is 0.143. The molecule has 0 heterocycles. The van der Waals surface area contributed by atoms with Crippen LogP contribution in [0.5, 0.6) is 0 Å². The van der Waals surface area contributed by atoms with Crippen LogP contribution in [0.25, 0.3) is 0 Å². The molecule has 0 radical (unpaired) electrons. The van der Waals surface area contributed by atoms with Gasteiger partial charge in [-0.3, -0.25) is 4.72 Å². The highest BCUT2D eigenvalue weighted by Crippen LogP contribution is 2.25. The molecule has 0 bridgehead atoms. The quantitative estimate of drug-likeness (QED) is 0.679. The van der Waals surface area contributed by atoms with Crippen molar-refractivity contribution >= 4 is 54.2 Å². The first kappa shape index (κ1) is 15.8. The molecular weight excluding hydrogens is 453 g/mol. The zero-order chi connectivity index (χ0) is 14.9. The summed E-state index contributed by atoms with van der Waals surface area (Å²) in [7, 11) is -3.58. The van der Waals surface area contributed by atoms with Crippen LogP contribution in [0.3, 0.4) is 0 Å². The van der Waals surface area contributed by atoms with Gasteiger partial charge < -0.3 is 0 Å². The van der Waals surface area contributed by atoms with Crippen molar-refractivity contribution in [2.24, 2.45) is 0 Å². The van der Waals surface area contributed by atoms with Gasteiger partial charge in [0.2, 0.25) is 0 Å². The van der Waals surface area contributed by atoms with Gasteiger partial charge in [-0.15, -0.1) is 0 Å². The lowest BCUT2D eigenvalue weighted by Crippen LogP contribution is -2.15. The fourth-order valence-electron chi connectivity index (χ4n) is 1.80. The SMILES string of the molecule is Cc1cc(I)ccc1NS(=O)(=O)c1cc(Br)ccc1C. The number of benzene rings is 2. The summed E-state index contributed by atoms with van der Waals surface area (Å²) in [6.45, 7) is 3.66. The minimum atomic E-state index is -3.58. The lowest BCUT2D eigenvalue weighted by molar-refractivity contribution is 0.600. The van der Waals surface area contributed by atoms with Gasteiger partial charge in [0.25, 0.3) is 10.0 Å². The Labute approximate surface area is 141 Å². The molecule has 1 N–H and O–H groups in total. The van der Waals surface area contributed by atoms with E-state index in [2.05, 4.69) is 43.2 Å². The van der Waals surface area contributed by atoms with Crippen molar-refractivity contribution in [1.82, 2.24) is 0 Å². The molecule has 0 aliphatic heterocycles. The molecule has 2 aromatic carbocycles. The monoisotopic (exact) mass is 465 g/mol. The smallest absolute Gasteiger partial charge is 0.262 e. The number of rotatable bonds is 3. The highest BCUT2D eigenvalue weighted by atomic mass is 127. The molecule has 2 rings (SSSR count). The van der Waals surface area contributed by atoms with Crippen molar-refractivity contribution in [3.05, 3.63) is 55.6 Å². The normalized spacial score (nSPS) is 11.4. The van der Waals surface area contributed by atoms with Crippen LogP contribution >= 0.6 is 38.5 Å². The van der Waals surface area contributed by atoms with Crippen molar-refractivity contribution < 1.29 is 8.42 Å². The van der Waals surface area contributed by atoms with Gasteiger partial charge in [-0.1, -0.05) is 22.0 Å². The fourth-order valence-corrected chi connectivity index (χ4v) is 4.37. The first-order valence-electron chi connectivity index (χ1n) is 5.85. The van der Waals surface area contributed by atoms with E-state index in [1.807, 2.05) is 25.1 Å². The Morgan fingerprint density at radius 1 is 1.05 bits per heavy atom. The average Bonchev–Trinajstić information content (AvgIpc) is 2.35. The van der Waals surface area contributed by atoms with E-state index in [-0.39, 0.29) is 4.90 Å². The van der Waals surface area contributed by atoms with Crippen LogP contribution < -0.4 is 4.72 Å². The third kappa shape index (κ3) is 3.53. The molecule has 0 aliphatic rings. The number of hydrogen-bond acceptors (Lipinski definition) is 2. The molecule has 2 aromatic rings. The molecule has 0 amide bonds. The van der Waals surface area contributed by atoms with Gasteiger partial charge in [-0.25, -0.2) is 8.42 Å². The van der Waals surface area contributed by atoms with Crippen LogP contribution in [0.2, 0.25) is 0 Å². The highest BCUT2D eigenvalue weighted by molar-refractivity contribution is 14.1. The molecule has 0 atom stereocenters. The van der Waals surface area contributed by atoms with Crippen LogP contribution in [0, 0.1) is 17.4 Å². The lowest BCUT2D eigenvalue weighted by atomic mass is 10.2. The molecule has 0 unspecified atom stereocenters. The minimum Gasteiger partial charge on any atom is -0.279 e. The standard InChI is InChI=1S/C14H13BrINO2S/c1-9-3-4-11(15)8-14(9)20(18,19)17-13-6-5-12(16)7-10(13)2/h3-8,17H,1-2H3. The van der Waals surface area contributed by atoms with Crippen LogP contribution in [-0.4, -0.2) is 8.42 Å². The zero-order valence-corrected chi connectivity index (χ0v) is 15.5. The second-order valence-electron chi connectivity index (χ2n) is 4.47. The second kappa shape index (κ2) is 6.03. The lowest BCUT2D eigenvalue weighted by Gasteiger charge is -2.13. The van der Waals surface area contributed by atoms with Crippen LogP contribution in [0.15, 0.2) is 45.8 Å². The van der Waals surface area contributed by atoms with Gasteiger partial charge in [0.1, 0.15) is 0 Å². The van der Waals surface area contributed by atoms with Gasteiger partial charge in [-0.05, 0) is 77.9 Å². The van der Waals surface area contributed by atoms with Crippen molar-refractivity contribution in [3.63, 3.8) is 0 Å². The summed E-state index contributed by atoms with van der Waals surface area (Å²) in [5.41, 5.74) is 2.21. The number of hydrogen-bond donors (Lipinski definition) is 1. The summed E-state index contributed by atoms with van der Waals surface area (Å²) < 4.78 is 29.4. The van der Waals surface area contributed by atoms with Crippen molar-refractivity contribution in [3.8, 4) is 0 Å². The molecule has 20 heavy (non-hydrogen) atoms. The van der Waals surface area contributed by atoms with E-state index < -0.39 is 10.0 Å². The summed E-state index contributed by atoms with van der Waals surface area (Å²) in [4.78, 5) is 0.282.